The number of aliphatic imine (C=N–C) groups is 1. The zero-order chi connectivity index (χ0) is 18.1. The minimum absolute atomic E-state index is 0.105. The zero-order valence-electron chi connectivity index (χ0n) is 15.0. The van der Waals surface area contributed by atoms with E-state index in [4.69, 9.17) is 14.2 Å². The highest BCUT2D eigenvalue weighted by atomic mass is 16.5. The minimum atomic E-state index is 0.105. The number of benzene rings is 2. The molecule has 0 aliphatic heterocycles. The summed E-state index contributed by atoms with van der Waals surface area (Å²) in [5.74, 6) is 2.07. The predicted molar refractivity (Wildman–Crippen MR) is 99.6 cm³/mol. The average molecular weight is 343 g/mol. The van der Waals surface area contributed by atoms with E-state index in [1.165, 1.54) is 7.11 Å². The Balaban J connectivity index is 2.00. The molecule has 0 bridgehead atoms. The molecule has 0 saturated heterocycles. The monoisotopic (exact) mass is 343 g/mol. The average Bonchev–Trinajstić information content (AvgIpc) is 2.62. The molecule has 1 N–H and O–H groups in total. The molecule has 2 aromatic rings. The normalized spacial score (nSPS) is 10.8. The summed E-state index contributed by atoms with van der Waals surface area (Å²) in [7, 11) is 1.53. The summed E-state index contributed by atoms with van der Waals surface area (Å²) in [6, 6.07) is 11.3. The lowest BCUT2D eigenvalue weighted by molar-refractivity contribution is 0.287. The molecular weight excluding hydrogens is 318 g/mol. The molecule has 0 aliphatic carbocycles. The SMILES string of the molecule is CCOc1ccc(CCN=Cc2cccc(OC)c2O)cc1OCC. The molecule has 2 aromatic carbocycles. The van der Waals surface area contributed by atoms with Crippen molar-refractivity contribution >= 4 is 6.21 Å². The zero-order valence-corrected chi connectivity index (χ0v) is 15.0. The summed E-state index contributed by atoms with van der Waals surface area (Å²) in [6.45, 7) is 5.71. The number of aromatic hydroxyl groups is 1. The largest absolute Gasteiger partial charge is 0.504 e. The van der Waals surface area contributed by atoms with Gasteiger partial charge in [0.1, 0.15) is 0 Å². The van der Waals surface area contributed by atoms with Gasteiger partial charge in [0.25, 0.3) is 0 Å². The van der Waals surface area contributed by atoms with E-state index in [-0.39, 0.29) is 5.75 Å². The minimum Gasteiger partial charge on any atom is -0.504 e. The Morgan fingerprint density at radius 3 is 2.48 bits per heavy atom. The molecule has 0 fully saturated rings. The van der Waals surface area contributed by atoms with E-state index in [0.29, 0.717) is 31.1 Å². The van der Waals surface area contributed by atoms with Gasteiger partial charge in [0, 0.05) is 18.3 Å². The van der Waals surface area contributed by atoms with Gasteiger partial charge in [-0.25, -0.2) is 0 Å². The van der Waals surface area contributed by atoms with E-state index in [1.54, 1.807) is 18.3 Å². The van der Waals surface area contributed by atoms with Crippen LogP contribution < -0.4 is 14.2 Å². The molecule has 5 nitrogen and oxygen atoms in total. The van der Waals surface area contributed by atoms with Crippen LogP contribution in [0.3, 0.4) is 0 Å². The lowest BCUT2D eigenvalue weighted by Crippen LogP contribution is -2.00. The molecular formula is C20H25NO4. The number of phenolic OH excluding ortho intramolecular Hbond substituents is 1. The lowest BCUT2D eigenvalue weighted by Gasteiger charge is -2.12. The third-order valence-corrected chi connectivity index (χ3v) is 3.62. The number of nitrogens with zero attached hydrogens (tertiary/aromatic N) is 1. The summed E-state index contributed by atoms with van der Waals surface area (Å²) in [6.07, 6.45) is 2.43. The van der Waals surface area contributed by atoms with Crippen LogP contribution in [0.5, 0.6) is 23.0 Å². The Morgan fingerprint density at radius 2 is 1.76 bits per heavy atom. The van der Waals surface area contributed by atoms with Crippen molar-refractivity contribution in [3.63, 3.8) is 0 Å². The maximum absolute atomic E-state index is 10.0. The molecule has 0 aliphatic rings. The Bertz CT molecular complexity index is 713. The molecule has 0 unspecified atom stereocenters. The van der Waals surface area contributed by atoms with E-state index in [2.05, 4.69) is 4.99 Å². The summed E-state index contributed by atoms with van der Waals surface area (Å²) in [5.41, 5.74) is 1.76. The molecule has 134 valence electrons. The van der Waals surface area contributed by atoms with Crippen LogP contribution >= 0.6 is 0 Å². The Hall–Kier alpha value is -2.69. The van der Waals surface area contributed by atoms with Crippen molar-refractivity contribution in [2.45, 2.75) is 20.3 Å². The first-order chi connectivity index (χ1) is 12.2. The van der Waals surface area contributed by atoms with Crippen molar-refractivity contribution in [3.8, 4) is 23.0 Å². The number of methoxy groups -OCH3 is 1. The van der Waals surface area contributed by atoms with Crippen molar-refractivity contribution in [2.75, 3.05) is 26.9 Å². The topological polar surface area (TPSA) is 60.3 Å². The smallest absolute Gasteiger partial charge is 0.166 e. The molecule has 0 atom stereocenters. The second kappa shape index (κ2) is 9.57. The van der Waals surface area contributed by atoms with Gasteiger partial charge in [0.15, 0.2) is 23.0 Å². The molecule has 0 saturated carbocycles. The molecule has 0 spiro atoms. The van der Waals surface area contributed by atoms with Crippen LogP contribution in [-0.2, 0) is 6.42 Å². The van der Waals surface area contributed by atoms with Gasteiger partial charge in [0.05, 0.1) is 20.3 Å². The number of phenols is 1. The van der Waals surface area contributed by atoms with E-state index in [0.717, 1.165) is 23.5 Å². The van der Waals surface area contributed by atoms with Gasteiger partial charge in [-0.15, -0.1) is 0 Å². The summed E-state index contributed by atoms with van der Waals surface area (Å²) in [4.78, 5) is 4.39. The number of hydrogen-bond acceptors (Lipinski definition) is 5. The van der Waals surface area contributed by atoms with Gasteiger partial charge in [-0.1, -0.05) is 12.1 Å². The highest BCUT2D eigenvalue weighted by molar-refractivity contribution is 5.84. The Morgan fingerprint density at radius 1 is 1.00 bits per heavy atom. The van der Waals surface area contributed by atoms with E-state index in [9.17, 15) is 5.11 Å². The molecule has 0 heterocycles. The highest BCUT2D eigenvalue weighted by Crippen LogP contribution is 2.29. The quantitative estimate of drug-likeness (QED) is 0.702. The maximum Gasteiger partial charge on any atom is 0.166 e. The van der Waals surface area contributed by atoms with Crippen molar-refractivity contribution < 1.29 is 19.3 Å². The van der Waals surface area contributed by atoms with Crippen molar-refractivity contribution in [1.82, 2.24) is 0 Å². The van der Waals surface area contributed by atoms with Crippen LogP contribution in [0, 0.1) is 0 Å². The first kappa shape index (κ1) is 18.6. The number of para-hydroxylation sites is 1. The number of hydrogen-bond donors (Lipinski definition) is 1. The van der Waals surface area contributed by atoms with Gasteiger partial charge in [-0.3, -0.25) is 4.99 Å². The van der Waals surface area contributed by atoms with Crippen LogP contribution in [0.15, 0.2) is 41.4 Å². The van der Waals surface area contributed by atoms with Crippen LogP contribution in [0.1, 0.15) is 25.0 Å². The molecule has 0 aromatic heterocycles. The fraction of sp³-hybridized carbons (Fsp3) is 0.350. The van der Waals surface area contributed by atoms with Gasteiger partial charge < -0.3 is 19.3 Å². The standard InChI is InChI=1S/C20H25NO4/c1-4-24-17-10-9-15(13-19(17)25-5-2)11-12-21-14-16-7-6-8-18(23-3)20(16)22/h6-10,13-14,22H,4-5,11-12H2,1-3H3. The molecule has 2 rings (SSSR count). The van der Waals surface area contributed by atoms with E-state index >= 15 is 0 Å². The lowest BCUT2D eigenvalue weighted by atomic mass is 10.1. The van der Waals surface area contributed by atoms with Crippen LogP contribution in [0.4, 0.5) is 0 Å². The van der Waals surface area contributed by atoms with Crippen molar-refractivity contribution in [2.24, 2.45) is 4.99 Å². The number of rotatable bonds is 9. The van der Waals surface area contributed by atoms with Crippen LogP contribution in [-0.4, -0.2) is 38.2 Å². The molecule has 0 amide bonds. The predicted octanol–water partition coefficient (Wildman–Crippen LogP) is 3.86. The Kier molecular flexibility index (Phi) is 7.14. The van der Waals surface area contributed by atoms with E-state index < -0.39 is 0 Å². The highest BCUT2D eigenvalue weighted by Gasteiger charge is 2.06. The van der Waals surface area contributed by atoms with Gasteiger partial charge >= 0.3 is 0 Å². The fourth-order valence-electron chi connectivity index (χ4n) is 2.42. The van der Waals surface area contributed by atoms with Gasteiger partial charge in [-0.2, -0.15) is 0 Å². The van der Waals surface area contributed by atoms with E-state index in [1.807, 2.05) is 38.1 Å². The summed E-state index contributed by atoms with van der Waals surface area (Å²) in [5, 5.41) is 10.0. The summed E-state index contributed by atoms with van der Waals surface area (Å²) < 4.78 is 16.3. The van der Waals surface area contributed by atoms with Crippen LogP contribution in [0.2, 0.25) is 0 Å². The Labute approximate surface area is 148 Å². The maximum atomic E-state index is 10.0. The van der Waals surface area contributed by atoms with Crippen LogP contribution in [0.25, 0.3) is 0 Å². The first-order valence-corrected chi connectivity index (χ1v) is 8.43. The van der Waals surface area contributed by atoms with Crippen molar-refractivity contribution in [1.29, 1.82) is 0 Å². The fourth-order valence-corrected chi connectivity index (χ4v) is 2.42. The van der Waals surface area contributed by atoms with Gasteiger partial charge in [-0.05, 0) is 50.1 Å². The molecule has 0 radical (unpaired) electrons. The first-order valence-electron chi connectivity index (χ1n) is 8.43. The number of ether oxygens (including phenoxy) is 3. The third-order valence-electron chi connectivity index (χ3n) is 3.62. The van der Waals surface area contributed by atoms with Crippen molar-refractivity contribution in [3.05, 3.63) is 47.5 Å². The molecule has 25 heavy (non-hydrogen) atoms. The third kappa shape index (κ3) is 5.14. The van der Waals surface area contributed by atoms with Gasteiger partial charge in [0.2, 0.25) is 0 Å². The second-order valence-electron chi connectivity index (χ2n) is 5.33. The summed E-state index contributed by atoms with van der Waals surface area (Å²) >= 11 is 0. The molecule has 5 heteroatoms. The second-order valence-corrected chi connectivity index (χ2v) is 5.33.